The van der Waals surface area contributed by atoms with Crippen molar-refractivity contribution in [3.63, 3.8) is 0 Å². The summed E-state index contributed by atoms with van der Waals surface area (Å²) in [4.78, 5) is 2.57. The summed E-state index contributed by atoms with van der Waals surface area (Å²) in [5.74, 6) is 0.768. The van der Waals surface area contributed by atoms with Crippen molar-refractivity contribution < 1.29 is 4.39 Å². The second kappa shape index (κ2) is 7.64. The number of halogens is 1. The van der Waals surface area contributed by atoms with Crippen molar-refractivity contribution in [1.29, 1.82) is 0 Å². The van der Waals surface area contributed by atoms with E-state index in [2.05, 4.69) is 25.7 Å². The van der Waals surface area contributed by atoms with E-state index in [1.165, 1.54) is 45.3 Å². The number of fused-ring (bicyclic) bond motifs is 1. The van der Waals surface area contributed by atoms with Gasteiger partial charge in [0, 0.05) is 11.9 Å². The predicted molar refractivity (Wildman–Crippen MR) is 97.9 cm³/mol. The Bertz CT molecular complexity index is 669. The predicted octanol–water partition coefficient (Wildman–Crippen LogP) is 4.81. The third kappa shape index (κ3) is 3.64. The largest absolute Gasteiger partial charge is 0.303 e. The summed E-state index contributed by atoms with van der Waals surface area (Å²) < 4.78 is 16.3. The van der Waals surface area contributed by atoms with E-state index in [0.29, 0.717) is 17.4 Å². The lowest BCUT2D eigenvalue weighted by Crippen LogP contribution is -2.35. The van der Waals surface area contributed by atoms with Gasteiger partial charge in [0.1, 0.15) is 11.3 Å². The molecule has 0 atom stereocenters. The Morgan fingerprint density at radius 2 is 2.00 bits per heavy atom. The molecule has 0 aliphatic carbocycles. The van der Waals surface area contributed by atoms with Gasteiger partial charge in [0.05, 0.1) is 5.69 Å². The molecule has 0 amide bonds. The highest BCUT2D eigenvalue weighted by atomic mass is 19.1. The van der Waals surface area contributed by atoms with Crippen LogP contribution < -0.4 is 0 Å². The fraction of sp³-hybridized carbons (Fsp3) is 0.650. The monoisotopic (exact) mass is 331 g/mol. The molecule has 1 aliphatic rings. The summed E-state index contributed by atoms with van der Waals surface area (Å²) in [6.07, 6.45) is 4.93. The molecule has 2 aromatic rings. The first-order valence-electron chi connectivity index (χ1n) is 9.47. The number of para-hydroxylation sites is 1. The molecule has 1 aromatic heterocycles. The molecule has 0 N–H and O–H groups in total. The summed E-state index contributed by atoms with van der Waals surface area (Å²) in [7, 11) is 0. The molecule has 0 saturated carbocycles. The number of rotatable bonds is 6. The summed E-state index contributed by atoms with van der Waals surface area (Å²) >= 11 is 0. The lowest BCUT2D eigenvalue weighted by atomic mass is 9.96. The number of benzene rings is 1. The maximum atomic E-state index is 14.4. The van der Waals surface area contributed by atoms with E-state index in [1.807, 2.05) is 10.7 Å². The summed E-state index contributed by atoms with van der Waals surface area (Å²) in [6, 6.07) is 5.35. The molecule has 0 spiro atoms. The van der Waals surface area contributed by atoms with E-state index in [9.17, 15) is 4.39 Å². The highest BCUT2D eigenvalue weighted by Crippen LogP contribution is 2.28. The fourth-order valence-corrected chi connectivity index (χ4v) is 3.80. The molecule has 24 heavy (non-hydrogen) atoms. The maximum absolute atomic E-state index is 14.4. The number of unbranched alkanes of at least 4 members (excludes halogenated alkanes) is 1. The zero-order chi connectivity index (χ0) is 17.1. The number of hydrogen-bond acceptors (Lipinski definition) is 2. The van der Waals surface area contributed by atoms with Gasteiger partial charge in [-0.1, -0.05) is 39.3 Å². The molecule has 1 saturated heterocycles. The molecule has 132 valence electrons. The van der Waals surface area contributed by atoms with Gasteiger partial charge in [0.15, 0.2) is 0 Å². The summed E-state index contributed by atoms with van der Waals surface area (Å²) in [6.45, 7) is 10.9. The van der Waals surface area contributed by atoms with Gasteiger partial charge in [0.2, 0.25) is 0 Å². The van der Waals surface area contributed by atoms with E-state index in [4.69, 9.17) is 5.10 Å². The molecule has 1 fully saturated rings. The van der Waals surface area contributed by atoms with E-state index in [0.717, 1.165) is 17.6 Å². The molecule has 4 heteroatoms. The Kier molecular flexibility index (Phi) is 5.54. The highest BCUT2D eigenvalue weighted by Gasteiger charge is 2.22. The molecule has 1 aromatic carbocycles. The summed E-state index contributed by atoms with van der Waals surface area (Å²) in [5, 5.41) is 5.75. The van der Waals surface area contributed by atoms with Crippen LogP contribution >= 0.6 is 0 Å². The van der Waals surface area contributed by atoms with Crippen LogP contribution in [-0.2, 0) is 6.54 Å². The molecule has 0 radical (unpaired) electrons. The Balaban J connectivity index is 1.74. The minimum atomic E-state index is -0.146. The van der Waals surface area contributed by atoms with Crippen LogP contribution in [0.5, 0.6) is 0 Å². The zero-order valence-corrected chi connectivity index (χ0v) is 15.3. The van der Waals surface area contributed by atoms with Gasteiger partial charge in [-0.3, -0.25) is 4.68 Å². The van der Waals surface area contributed by atoms with Crippen molar-refractivity contribution in [2.24, 2.45) is 5.92 Å². The Hall–Kier alpha value is -1.42. The number of nitrogens with zero attached hydrogens (tertiary/aromatic N) is 3. The second-order valence-corrected chi connectivity index (χ2v) is 7.50. The number of hydrogen-bond donors (Lipinski definition) is 0. The molecule has 3 rings (SSSR count). The smallest absolute Gasteiger partial charge is 0.149 e. The minimum absolute atomic E-state index is 0.146. The highest BCUT2D eigenvalue weighted by molar-refractivity contribution is 5.83. The van der Waals surface area contributed by atoms with Gasteiger partial charge in [0.25, 0.3) is 0 Å². The first-order chi connectivity index (χ1) is 11.6. The Labute approximate surface area is 144 Å². The van der Waals surface area contributed by atoms with Crippen LogP contribution in [0.1, 0.15) is 58.1 Å². The SMILES string of the molecule is CCCCN1CCC(Cn2nc(C(C)C)c3cccc(F)c32)CC1. The van der Waals surface area contributed by atoms with Gasteiger partial charge >= 0.3 is 0 Å². The van der Waals surface area contributed by atoms with E-state index >= 15 is 0 Å². The van der Waals surface area contributed by atoms with Crippen molar-refractivity contribution >= 4 is 10.9 Å². The standard InChI is InChI=1S/C20H30FN3/c1-4-5-11-23-12-9-16(10-13-23)14-24-20-17(7-6-8-18(20)21)19(22-24)15(2)3/h6-8,15-16H,4-5,9-14H2,1-3H3. The van der Waals surface area contributed by atoms with Crippen molar-refractivity contribution in [2.45, 2.75) is 58.9 Å². The molecule has 0 unspecified atom stereocenters. The third-order valence-corrected chi connectivity index (χ3v) is 5.26. The number of piperidine rings is 1. The molecule has 3 nitrogen and oxygen atoms in total. The van der Waals surface area contributed by atoms with Gasteiger partial charge < -0.3 is 4.90 Å². The van der Waals surface area contributed by atoms with Crippen LogP contribution in [0.4, 0.5) is 4.39 Å². The number of likely N-dealkylation sites (tertiary alicyclic amines) is 1. The van der Waals surface area contributed by atoms with Crippen LogP contribution in [0, 0.1) is 11.7 Å². The zero-order valence-electron chi connectivity index (χ0n) is 15.3. The minimum Gasteiger partial charge on any atom is -0.303 e. The van der Waals surface area contributed by atoms with Crippen molar-refractivity contribution in [3.8, 4) is 0 Å². The van der Waals surface area contributed by atoms with E-state index in [-0.39, 0.29) is 5.82 Å². The summed E-state index contributed by atoms with van der Waals surface area (Å²) in [5.41, 5.74) is 1.71. The maximum Gasteiger partial charge on any atom is 0.149 e. The van der Waals surface area contributed by atoms with Crippen molar-refractivity contribution in [1.82, 2.24) is 14.7 Å². The van der Waals surface area contributed by atoms with E-state index < -0.39 is 0 Å². The topological polar surface area (TPSA) is 21.1 Å². The van der Waals surface area contributed by atoms with Crippen molar-refractivity contribution in [3.05, 3.63) is 29.7 Å². The first-order valence-corrected chi connectivity index (χ1v) is 9.47. The van der Waals surface area contributed by atoms with Gasteiger partial charge in [-0.05, 0) is 56.8 Å². The average Bonchev–Trinajstić information content (AvgIpc) is 2.94. The van der Waals surface area contributed by atoms with Crippen LogP contribution in [0.2, 0.25) is 0 Å². The van der Waals surface area contributed by atoms with Crippen molar-refractivity contribution in [2.75, 3.05) is 19.6 Å². The normalized spacial score (nSPS) is 17.2. The second-order valence-electron chi connectivity index (χ2n) is 7.50. The average molecular weight is 331 g/mol. The quantitative estimate of drug-likeness (QED) is 0.757. The number of aromatic nitrogens is 2. The molecular formula is C20H30FN3. The van der Waals surface area contributed by atoms with Gasteiger partial charge in [-0.2, -0.15) is 5.10 Å². The molecule has 1 aliphatic heterocycles. The van der Waals surface area contributed by atoms with Crippen LogP contribution in [0.3, 0.4) is 0 Å². The van der Waals surface area contributed by atoms with Crippen LogP contribution in [-0.4, -0.2) is 34.3 Å². The lowest BCUT2D eigenvalue weighted by Gasteiger charge is -2.31. The molecule has 2 heterocycles. The first kappa shape index (κ1) is 17.4. The molecular weight excluding hydrogens is 301 g/mol. The van der Waals surface area contributed by atoms with Crippen LogP contribution in [0.25, 0.3) is 10.9 Å². The fourth-order valence-electron chi connectivity index (χ4n) is 3.80. The van der Waals surface area contributed by atoms with Crippen LogP contribution in [0.15, 0.2) is 18.2 Å². The van der Waals surface area contributed by atoms with Gasteiger partial charge in [-0.25, -0.2) is 4.39 Å². The third-order valence-electron chi connectivity index (χ3n) is 5.26. The lowest BCUT2D eigenvalue weighted by molar-refractivity contribution is 0.170. The Morgan fingerprint density at radius 3 is 2.67 bits per heavy atom. The molecule has 0 bridgehead atoms. The van der Waals surface area contributed by atoms with E-state index in [1.54, 1.807) is 12.1 Å². The van der Waals surface area contributed by atoms with Gasteiger partial charge in [-0.15, -0.1) is 0 Å². The Morgan fingerprint density at radius 1 is 1.25 bits per heavy atom.